The molecule has 1 N–H and O–H groups in total. The molecule has 122 valence electrons. The van der Waals surface area contributed by atoms with E-state index in [1.165, 1.54) is 24.7 Å². The minimum Gasteiger partial charge on any atom is -0.306 e. The number of hydrogen-bond acceptors (Lipinski definition) is 6. The number of carbonyl (C=O) groups excluding carboxylic acids is 1. The standard InChI is InChI=1S/C16H21N5OS/c1-10-15(23-16(19-10)20-11(2)22)14-13(17-6-7-18-14)12-5-4-8-21(3)9-12/h6-7,12H,4-5,8-9H2,1-3H3,(H,19,20,22)/t12-/m0/s1. The lowest BCUT2D eigenvalue weighted by atomic mass is 9.93. The van der Waals surface area contributed by atoms with Crippen molar-refractivity contribution in [2.45, 2.75) is 32.6 Å². The minimum atomic E-state index is -0.112. The second-order valence-electron chi connectivity index (χ2n) is 6.01. The quantitative estimate of drug-likeness (QED) is 0.936. The Labute approximate surface area is 140 Å². The van der Waals surface area contributed by atoms with Gasteiger partial charge in [0.1, 0.15) is 5.69 Å². The van der Waals surface area contributed by atoms with Crippen LogP contribution in [0, 0.1) is 6.92 Å². The van der Waals surface area contributed by atoms with Gasteiger partial charge >= 0.3 is 0 Å². The van der Waals surface area contributed by atoms with Crippen molar-refractivity contribution < 1.29 is 4.79 Å². The van der Waals surface area contributed by atoms with E-state index in [0.717, 1.165) is 41.5 Å². The van der Waals surface area contributed by atoms with Crippen LogP contribution in [-0.2, 0) is 4.79 Å². The fourth-order valence-electron chi connectivity index (χ4n) is 3.03. The maximum absolute atomic E-state index is 11.2. The van der Waals surface area contributed by atoms with E-state index in [0.29, 0.717) is 11.0 Å². The predicted molar refractivity (Wildman–Crippen MR) is 91.7 cm³/mol. The molecule has 0 saturated carbocycles. The Balaban J connectivity index is 1.97. The number of anilines is 1. The molecule has 1 saturated heterocycles. The van der Waals surface area contributed by atoms with Gasteiger partial charge in [-0.05, 0) is 33.4 Å². The molecule has 23 heavy (non-hydrogen) atoms. The summed E-state index contributed by atoms with van der Waals surface area (Å²) in [5.41, 5.74) is 2.82. The fraction of sp³-hybridized carbons (Fsp3) is 0.500. The number of thiazole rings is 1. The molecule has 1 atom stereocenters. The first-order valence-corrected chi connectivity index (χ1v) is 8.61. The lowest BCUT2D eigenvalue weighted by Crippen LogP contribution is -2.31. The van der Waals surface area contributed by atoms with Gasteiger partial charge in [0.2, 0.25) is 5.91 Å². The Bertz CT molecular complexity index is 714. The van der Waals surface area contributed by atoms with Crippen LogP contribution >= 0.6 is 11.3 Å². The van der Waals surface area contributed by atoms with Crippen molar-refractivity contribution in [3.8, 4) is 10.6 Å². The van der Waals surface area contributed by atoms with Gasteiger partial charge in [0.25, 0.3) is 0 Å². The maximum atomic E-state index is 11.2. The van der Waals surface area contributed by atoms with Crippen molar-refractivity contribution in [2.24, 2.45) is 0 Å². The number of rotatable bonds is 3. The molecule has 2 aromatic rings. The molecule has 1 fully saturated rings. The van der Waals surface area contributed by atoms with E-state index in [4.69, 9.17) is 0 Å². The van der Waals surface area contributed by atoms with Crippen LogP contribution in [0.25, 0.3) is 10.6 Å². The molecule has 0 aromatic carbocycles. The molecule has 1 amide bonds. The molecule has 1 aliphatic heterocycles. The highest BCUT2D eigenvalue weighted by atomic mass is 32.1. The average Bonchev–Trinajstić information content (AvgIpc) is 2.87. The molecule has 3 rings (SSSR count). The summed E-state index contributed by atoms with van der Waals surface area (Å²) in [5, 5.41) is 3.37. The summed E-state index contributed by atoms with van der Waals surface area (Å²) in [7, 11) is 2.15. The number of carbonyl (C=O) groups is 1. The van der Waals surface area contributed by atoms with Gasteiger partial charge in [-0.25, -0.2) is 4.98 Å². The van der Waals surface area contributed by atoms with Crippen molar-refractivity contribution in [1.82, 2.24) is 19.9 Å². The molecule has 0 unspecified atom stereocenters. The van der Waals surface area contributed by atoms with Crippen LogP contribution in [0.5, 0.6) is 0 Å². The summed E-state index contributed by atoms with van der Waals surface area (Å²) in [4.78, 5) is 28.2. The lowest BCUT2D eigenvalue weighted by molar-refractivity contribution is -0.114. The highest BCUT2D eigenvalue weighted by Gasteiger charge is 2.25. The average molecular weight is 331 g/mol. The van der Waals surface area contributed by atoms with Crippen LogP contribution in [0.4, 0.5) is 5.13 Å². The minimum absolute atomic E-state index is 0.112. The van der Waals surface area contributed by atoms with Gasteiger partial charge in [-0.3, -0.25) is 14.8 Å². The summed E-state index contributed by atoms with van der Waals surface area (Å²) in [6.45, 7) is 5.57. The number of hydrogen-bond donors (Lipinski definition) is 1. The highest BCUT2D eigenvalue weighted by Crippen LogP contribution is 2.37. The Morgan fingerprint density at radius 2 is 2.17 bits per heavy atom. The van der Waals surface area contributed by atoms with Crippen LogP contribution in [0.1, 0.15) is 37.1 Å². The van der Waals surface area contributed by atoms with Crippen LogP contribution in [0.15, 0.2) is 12.4 Å². The van der Waals surface area contributed by atoms with Gasteiger partial charge in [0, 0.05) is 31.8 Å². The number of nitrogens with zero attached hydrogens (tertiary/aromatic N) is 4. The predicted octanol–water partition coefficient (Wildman–Crippen LogP) is 2.68. The van der Waals surface area contributed by atoms with Crippen LogP contribution in [0.3, 0.4) is 0 Å². The number of likely N-dealkylation sites (tertiary alicyclic amines) is 1. The van der Waals surface area contributed by atoms with Gasteiger partial charge in [0.15, 0.2) is 5.13 Å². The topological polar surface area (TPSA) is 71.0 Å². The normalized spacial score (nSPS) is 18.8. The first kappa shape index (κ1) is 16.0. The second-order valence-corrected chi connectivity index (χ2v) is 7.01. The monoisotopic (exact) mass is 331 g/mol. The maximum Gasteiger partial charge on any atom is 0.223 e. The zero-order valence-electron chi connectivity index (χ0n) is 13.7. The molecule has 1 aliphatic rings. The Kier molecular flexibility index (Phi) is 4.68. The third-order valence-electron chi connectivity index (χ3n) is 4.03. The van der Waals surface area contributed by atoms with Crippen molar-refractivity contribution in [2.75, 3.05) is 25.5 Å². The van der Waals surface area contributed by atoms with E-state index in [1.807, 2.05) is 6.92 Å². The Morgan fingerprint density at radius 3 is 2.91 bits per heavy atom. The third-order valence-corrected chi connectivity index (χ3v) is 5.11. The summed E-state index contributed by atoms with van der Waals surface area (Å²) >= 11 is 1.46. The zero-order valence-corrected chi connectivity index (χ0v) is 14.5. The molecule has 0 radical (unpaired) electrons. The van der Waals surface area contributed by atoms with Crippen LogP contribution in [0.2, 0.25) is 0 Å². The van der Waals surface area contributed by atoms with E-state index in [1.54, 1.807) is 12.4 Å². The van der Waals surface area contributed by atoms with Gasteiger partial charge < -0.3 is 10.2 Å². The van der Waals surface area contributed by atoms with Gasteiger partial charge in [-0.15, -0.1) is 0 Å². The van der Waals surface area contributed by atoms with Gasteiger partial charge in [-0.2, -0.15) is 0 Å². The first-order valence-electron chi connectivity index (χ1n) is 7.79. The number of amides is 1. The van der Waals surface area contributed by atoms with Crippen molar-refractivity contribution >= 4 is 22.4 Å². The number of likely N-dealkylation sites (N-methyl/N-ethyl adjacent to an activating group) is 1. The molecule has 2 aromatic heterocycles. The summed E-state index contributed by atoms with van der Waals surface area (Å²) in [6, 6.07) is 0. The molecular formula is C16H21N5OS. The van der Waals surface area contributed by atoms with Crippen molar-refractivity contribution in [3.05, 3.63) is 23.8 Å². The zero-order chi connectivity index (χ0) is 16.4. The first-order chi connectivity index (χ1) is 11.0. The molecule has 0 spiro atoms. The smallest absolute Gasteiger partial charge is 0.223 e. The van der Waals surface area contributed by atoms with Crippen LogP contribution < -0.4 is 5.32 Å². The van der Waals surface area contributed by atoms with Gasteiger partial charge in [0.05, 0.1) is 16.3 Å². The van der Waals surface area contributed by atoms with E-state index >= 15 is 0 Å². The van der Waals surface area contributed by atoms with E-state index in [-0.39, 0.29) is 5.91 Å². The van der Waals surface area contributed by atoms with Gasteiger partial charge in [-0.1, -0.05) is 11.3 Å². The molecule has 6 nitrogen and oxygen atoms in total. The SMILES string of the molecule is CC(=O)Nc1nc(C)c(-c2nccnc2[C@H]2CCCN(C)C2)s1. The largest absolute Gasteiger partial charge is 0.306 e. The Hall–Kier alpha value is -1.86. The molecular weight excluding hydrogens is 310 g/mol. The summed E-state index contributed by atoms with van der Waals surface area (Å²) < 4.78 is 0. The molecule has 0 aliphatic carbocycles. The number of aryl methyl sites for hydroxylation is 1. The van der Waals surface area contributed by atoms with E-state index in [2.05, 4.69) is 32.2 Å². The molecule has 7 heteroatoms. The summed E-state index contributed by atoms with van der Waals surface area (Å²) in [5.74, 6) is 0.279. The number of aromatic nitrogens is 3. The van der Waals surface area contributed by atoms with E-state index in [9.17, 15) is 4.79 Å². The molecule has 0 bridgehead atoms. The second kappa shape index (κ2) is 6.72. The highest BCUT2D eigenvalue weighted by molar-refractivity contribution is 7.19. The Morgan fingerprint density at radius 1 is 1.39 bits per heavy atom. The van der Waals surface area contributed by atoms with Crippen LogP contribution in [-0.4, -0.2) is 45.9 Å². The fourth-order valence-corrected chi connectivity index (χ4v) is 4.05. The van der Waals surface area contributed by atoms with Crippen molar-refractivity contribution in [3.63, 3.8) is 0 Å². The lowest BCUT2D eigenvalue weighted by Gasteiger charge is -2.29. The summed E-state index contributed by atoms with van der Waals surface area (Å²) in [6.07, 6.45) is 5.80. The molecule has 3 heterocycles. The number of nitrogens with one attached hydrogen (secondary N) is 1. The van der Waals surface area contributed by atoms with E-state index < -0.39 is 0 Å². The third kappa shape index (κ3) is 3.56. The number of piperidine rings is 1. The van der Waals surface area contributed by atoms with Crippen molar-refractivity contribution in [1.29, 1.82) is 0 Å².